The van der Waals surface area contributed by atoms with Crippen LogP contribution in [0.4, 0.5) is 10.5 Å². The van der Waals surface area contributed by atoms with Gasteiger partial charge in [0.15, 0.2) is 0 Å². The normalized spacial score (nSPS) is 11.0. The van der Waals surface area contributed by atoms with Gasteiger partial charge in [-0.1, -0.05) is 17.7 Å². The fraction of sp³-hybridized carbons (Fsp3) is 0.467. The molecule has 0 radical (unpaired) electrons. The molecule has 0 bridgehead atoms. The highest BCUT2D eigenvalue weighted by atomic mass is 35.5. The Hall–Kier alpha value is -1.79. The van der Waals surface area contributed by atoms with Crippen molar-refractivity contribution in [3.63, 3.8) is 0 Å². The molecule has 0 atom stereocenters. The number of benzene rings is 1. The Morgan fingerprint density at radius 3 is 2.41 bits per heavy atom. The SMILES string of the molecule is CON(Cc1ccc(NC(=O)OC(C)(C)C)cc1Cl)C(C)=O. The van der Waals surface area contributed by atoms with E-state index in [1.807, 2.05) is 0 Å². The molecule has 6 nitrogen and oxygen atoms in total. The summed E-state index contributed by atoms with van der Waals surface area (Å²) >= 11 is 6.17. The lowest BCUT2D eigenvalue weighted by Gasteiger charge is -2.20. The third-order valence-electron chi connectivity index (χ3n) is 2.58. The Bertz CT molecular complexity index is 555. The molecule has 1 rings (SSSR count). The minimum atomic E-state index is -0.575. The van der Waals surface area contributed by atoms with Gasteiger partial charge in [-0.05, 0) is 38.5 Å². The first-order chi connectivity index (χ1) is 10.1. The van der Waals surface area contributed by atoms with E-state index in [1.165, 1.54) is 19.1 Å². The van der Waals surface area contributed by atoms with Crippen LogP contribution < -0.4 is 5.32 Å². The summed E-state index contributed by atoms with van der Waals surface area (Å²) in [6, 6.07) is 4.98. The predicted molar refractivity (Wildman–Crippen MR) is 84.5 cm³/mol. The molecule has 0 aromatic heterocycles. The van der Waals surface area contributed by atoms with E-state index in [4.69, 9.17) is 21.2 Å². The Labute approximate surface area is 135 Å². The van der Waals surface area contributed by atoms with Gasteiger partial charge in [-0.15, -0.1) is 0 Å². The molecule has 0 aliphatic rings. The summed E-state index contributed by atoms with van der Waals surface area (Å²) in [6.07, 6.45) is -0.557. The summed E-state index contributed by atoms with van der Waals surface area (Å²) in [4.78, 5) is 28.0. The number of anilines is 1. The molecule has 0 fully saturated rings. The van der Waals surface area contributed by atoms with E-state index in [2.05, 4.69) is 5.32 Å². The van der Waals surface area contributed by atoms with Gasteiger partial charge in [0.25, 0.3) is 0 Å². The molecular weight excluding hydrogens is 308 g/mol. The van der Waals surface area contributed by atoms with Gasteiger partial charge in [-0.2, -0.15) is 0 Å². The Kier molecular flexibility index (Phi) is 6.20. The zero-order chi connectivity index (χ0) is 16.9. The van der Waals surface area contributed by atoms with E-state index in [1.54, 1.807) is 39.0 Å². The molecule has 0 unspecified atom stereocenters. The van der Waals surface area contributed by atoms with Crippen molar-refractivity contribution >= 4 is 29.3 Å². The van der Waals surface area contributed by atoms with Gasteiger partial charge < -0.3 is 4.74 Å². The average molecular weight is 329 g/mol. The number of amides is 2. The van der Waals surface area contributed by atoms with Gasteiger partial charge in [-0.3, -0.25) is 14.9 Å². The molecule has 1 N–H and O–H groups in total. The van der Waals surface area contributed by atoms with Gasteiger partial charge in [0.05, 0.1) is 13.7 Å². The van der Waals surface area contributed by atoms with Crippen LogP contribution in [0.3, 0.4) is 0 Å². The number of carbonyl (C=O) groups is 2. The zero-order valence-electron chi connectivity index (χ0n) is 13.4. The summed E-state index contributed by atoms with van der Waals surface area (Å²) < 4.78 is 5.16. The monoisotopic (exact) mass is 328 g/mol. The van der Waals surface area contributed by atoms with Crippen molar-refractivity contribution in [2.24, 2.45) is 0 Å². The second-order valence-corrected chi connectivity index (χ2v) is 6.08. The number of carbonyl (C=O) groups excluding carboxylic acids is 2. The number of hydrogen-bond acceptors (Lipinski definition) is 4. The number of halogens is 1. The molecule has 2 amide bonds. The molecular formula is C15H21ClN2O4. The number of hydroxylamine groups is 2. The van der Waals surface area contributed by atoms with Crippen molar-refractivity contribution in [2.75, 3.05) is 12.4 Å². The standard InChI is InChI=1S/C15H21ClN2O4/c1-10(19)18(21-5)9-11-6-7-12(8-13(11)16)17-14(20)22-15(2,3)4/h6-8H,9H2,1-5H3,(H,17,20). The first-order valence-corrected chi connectivity index (χ1v) is 7.11. The van der Waals surface area contributed by atoms with Crippen molar-refractivity contribution in [1.29, 1.82) is 0 Å². The van der Waals surface area contributed by atoms with Gasteiger partial charge in [0, 0.05) is 17.6 Å². The van der Waals surface area contributed by atoms with Crippen LogP contribution >= 0.6 is 11.6 Å². The van der Waals surface area contributed by atoms with E-state index in [0.717, 1.165) is 0 Å². The number of hydrogen-bond donors (Lipinski definition) is 1. The van der Waals surface area contributed by atoms with Crippen molar-refractivity contribution in [3.05, 3.63) is 28.8 Å². The highest BCUT2D eigenvalue weighted by Gasteiger charge is 2.17. The lowest BCUT2D eigenvalue weighted by atomic mass is 10.2. The molecule has 7 heteroatoms. The van der Waals surface area contributed by atoms with Crippen LogP contribution in [0.15, 0.2) is 18.2 Å². The molecule has 0 aliphatic carbocycles. The third-order valence-corrected chi connectivity index (χ3v) is 2.94. The molecule has 0 spiro atoms. The maximum absolute atomic E-state index is 11.7. The molecule has 22 heavy (non-hydrogen) atoms. The van der Waals surface area contributed by atoms with Crippen LogP contribution in [0, 0.1) is 0 Å². The highest BCUT2D eigenvalue weighted by Crippen LogP contribution is 2.23. The Morgan fingerprint density at radius 2 is 1.95 bits per heavy atom. The van der Waals surface area contributed by atoms with Gasteiger partial charge in [0.2, 0.25) is 5.91 Å². The largest absolute Gasteiger partial charge is 0.444 e. The number of nitrogens with one attached hydrogen (secondary N) is 1. The van der Waals surface area contributed by atoms with Crippen molar-refractivity contribution in [3.8, 4) is 0 Å². The lowest BCUT2D eigenvalue weighted by Crippen LogP contribution is -2.27. The van der Waals surface area contributed by atoms with E-state index in [0.29, 0.717) is 16.3 Å². The Balaban J connectivity index is 2.77. The molecule has 0 heterocycles. The zero-order valence-corrected chi connectivity index (χ0v) is 14.2. The number of rotatable bonds is 4. The number of nitrogens with zero attached hydrogens (tertiary/aromatic N) is 1. The third kappa shape index (κ3) is 5.91. The predicted octanol–water partition coefficient (Wildman–Crippen LogP) is 3.60. The topological polar surface area (TPSA) is 67.9 Å². The smallest absolute Gasteiger partial charge is 0.412 e. The van der Waals surface area contributed by atoms with Crippen LogP contribution in [0.25, 0.3) is 0 Å². The van der Waals surface area contributed by atoms with E-state index >= 15 is 0 Å². The van der Waals surface area contributed by atoms with Crippen LogP contribution in [0.1, 0.15) is 33.3 Å². The lowest BCUT2D eigenvalue weighted by molar-refractivity contribution is -0.176. The van der Waals surface area contributed by atoms with Gasteiger partial charge in [-0.25, -0.2) is 9.86 Å². The maximum atomic E-state index is 11.7. The summed E-state index contributed by atoms with van der Waals surface area (Å²) in [5, 5.41) is 4.20. The van der Waals surface area contributed by atoms with Gasteiger partial charge >= 0.3 is 6.09 Å². The fourth-order valence-electron chi connectivity index (χ4n) is 1.63. The van der Waals surface area contributed by atoms with Crippen LogP contribution in [-0.2, 0) is 20.9 Å². The maximum Gasteiger partial charge on any atom is 0.412 e. The van der Waals surface area contributed by atoms with Crippen molar-refractivity contribution in [2.45, 2.75) is 39.8 Å². The number of ether oxygens (including phenoxy) is 1. The summed E-state index contributed by atoms with van der Waals surface area (Å²) in [6.45, 7) is 6.96. The first-order valence-electron chi connectivity index (χ1n) is 6.73. The van der Waals surface area contributed by atoms with Crippen LogP contribution in [0.5, 0.6) is 0 Å². The molecule has 0 saturated heterocycles. The van der Waals surface area contributed by atoms with Crippen LogP contribution in [-0.4, -0.2) is 29.8 Å². The van der Waals surface area contributed by atoms with Crippen molar-refractivity contribution in [1.82, 2.24) is 5.06 Å². The van der Waals surface area contributed by atoms with Gasteiger partial charge in [0.1, 0.15) is 5.60 Å². The first kappa shape index (κ1) is 18.3. The quantitative estimate of drug-likeness (QED) is 0.857. The fourth-order valence-corrected chi connectivity index (χ4v) is 1.87. The molecule has 1 aromatic rings. The second kappa shape index (κ2) is 7.47. The molecule has 0 saturated carbocycles. The highest BCUT2D eigenvalue weighted by molar-refractivity contribution is 6.31. The minimum Gasteiger partial charge on any atom is -0.444 e. The second-order valence-electron chi connectivity index (χ2n) is 5.67. The van der Waals surface area contributed by atoms with E-state index < -0.39 is 11.7 Å². The minimum absolute atomic E-state index is 0.220. The van der Waals surface area contributed by atoms with Crippen LogP contribution in [0.2, 0.25) is 5.02 Å². The summed E-state index contributed by atoms with van der Waals surface area (Å²) in [7, 11) is 1.41. The Morgan fingerprint density at radius 1 is 1.32 bits per heavy atom. The molecule has 1 aromatic carbocycles. The molecule has 0 aliphatic heterocycles. The van der Waals surface area contributed by atoms with Crippen molar-refractivity contribution < 1.29 is 19.2 Å². The average Bonchev–Trinajstić information content (AvgIpc) is 2.35. The van der Waals surface area contributed by atoms with E-state index in [-0.39, 0.29) is 12.5 Å². The summed E-state index contributed by atoms with van der Waals surface area (Å²) in [5.74, 6) is -0.227. The summed E-state index contributed by atoms with van der Waals surface area (Å²) in [5.41, 5.74) is 0.636. The van der Waals surface area contributed by atoms with E-state index in [9.17, 15) is 9.59 Å². The molecule has 122 valence electrons.